The first kappa shape index (κ1) is 39.1. The standard InChI is InChI=1S/C40H54O10S/c1-10-51-30-14-12-11-13-29(30)23(2)20-40(45)24(3)19-33(48-26(5)42)38(9)31(40)15-16-37(8)32-21-46-22-39(32,17-18-47-25(4)41)36(50-28(7)44)34(35(37)38)49-27(6)43/h11-14,19,31-36,45H,2,10,15-18,20-22H2,1,3-9H3/t31-,32+,33-,34+,35?,36+,37+,38-,39+,40-/m1/s1. The summed E-state index contributed by atoms with van der Waals surface area (Å²) in [7, 11) is 0. The summed E-state index contributed by atoms with van der Waals surface area (Å²) in [6.07, 6.45) is 0.806. The van der Waals surface area contributed by atoms with Gasteiger partial charge in [-0.15, -0.1) is 11.8 Å². The van der Waals surface area contributed by atoms with Crippen molar-refractivity contribution < 1.29 is 48.0 Å². The molecule has 0 radical (unpaired) electrons. The van der Waals surface area contributed by atoms with Crippen molar-refractivity contribution in [2.24, 2.45) is 34.0 Å². The quantitative estimate of drug-likeness (QED) is 0.119. The van der Waals surface area contributed by atoms with Gasteiger partial charge in [0.2, 0.25) is 0 Å². The molecule has 10 atom stereocenters. The molecule has 10 nitrogen and oxygen atoms in total. The number of hydrogen-bond acceptors (Lipinski definition) is 11. The Kier molecular flexibility index (Phi) is 11.3. The number of aliphatic hydroxyl groups is 1. The molecule has 5 rings (SSSR count). The highest BCUT2D eigenvalue weighted by molar-refractivity contribution is 7.99. The van der Waals surface area contributed by atoms with Gasteiger partial charge in [0.1, 0.15) is 18.3 Å². The molecule has 2 saturated carbocycles. The monoisotopic (exact) mass is 726 g/mol. The van der Waals surface area contributed by atoms with E-state index in [4.69, 9.17) is 23.7 Å². The van der Waals surface area contributed by atoms with Crippen LogP contribution in [0.2, 0.25) is 0 Å². The Hall–Kier alpha value is -3.15. The van der Waals surface area contributed by atoms with Crippen molar-refractivity contribution in [3.63, 3.8) is 0 Å². The van der Waals surface area contributed by atoms with Crippen molar-refractivity contribution in [1.82, 2.24) is 0 Å². The molecule has 1 heterocycles. The number of benzene rings is 1. The van der Waals surface area contributed by atoms with Gasteiger partial charge in [0, 0.05) is 61.7 Å². The maximum atomic E-state index is 13.1. The van der Waals surface area contributed by atoms with Gasteiger partial charge in [-0.1, -0.05) is 45.5 Å². The second-order valence-electron chi connectivity index (χ2n) is 15.4. The highest BCUT2D eigenvalue weighted by atomic mass is 32.2. The summed E-state index contributed by atoms with van der Waals surface area (Å²) in [6, 6.07) is 8.06. The third-order valence-electron chi connectivity index (χ3n) is 12.5. The molecule has 0 bridgehead atoms. The maximum Gasteiger partial charge on any atom is 0.303 e. The average molecular weight is 727 g/mol. The van der Waals surface area contributed by atoms with Gasteiger partial charge < -0.3 is 28.8 Å². The Morgan fingerprint density at radius 1 is 0.980 bits per heavy atom. The van der Waals surface area contributed by atoms with Gasteiger partial charge in [0.15, 0.2) is 0 Å². The van der Waals surface area contributed by atoms with Crippen molar-refractivity contribution in [2.45, 2.75) is 110 Å². The molecular formula is C40H54O10S. The zero-order chi connectivity index (χ0) is 37.5. The normalized spacial score (nSPS) is 36.8. The Morgan fingerprint density at radius 3 is 2.27 bits per heavy atom. The van der Waals surface area contributed by atoms with Gasteiger partial charge >= 0.3 is 23.9 Å². The van der Waals surface area contributed by atoms with E-state index in [-0.39, 0.29) is 25.6 Å². The van der Waals surface area contributed by atoms with Crippen LogP contribution in [0.1, 0.15) is 86.6 Å². The van der Waals surface area contributed by atoms with E-state index < -0.39 is 75.9 Å². The van der Waals surface area contributed by atoms with Gasteiger partial charge in [-0.05, 0) is 72.1 Å². The van der Waals surface area contributed by atoms with Crippen LogP contribution in [0.3, 0.4) is 0 Å². The molecule has 0 spiro atoms. The molecule has 1 N–H and O–H groups in total. The molecule has 0 amide bonds. The van der Waals surface area contributed by atoms with Crippen molar-refractivity contribution in [3.05, 3.63) is 48.1 Å². The average Bonchev–Trinajstić information content (AvgIpc) is 3.47. The van der Waals surface area contributed by atoms with E-state index in [0.29, 0.717) is 31.4 Å². The summed E-state index contributed by atoms with van der Waals surface area (Å²) in [5.41, 5.74) is -1.45. The Morgan fingerprint density at radius 2 is 1.65 bits per heavy atom. The molecule has 4 aliphatic rings. The van der Waals surface area contributed by atoms with Crippen molar-refractivity contribution in [2.75, 3.05) is 25.6 Å². The van der Waals surface area contributed by atoms with Gasteiger partial charge in [-0.25, -0.2) is 0 Å². The van der Waals surface area contributed by atoms with E-state index in [1.165, 1.54) is 27.7 Å². The molecule has 1 saturated heterocycles. The first-order valence-corrected chi connectivity index (χ1v) is 19.0. The van der Waals surface area contributed by atoms with E-state index >= 15 is 0 Å². The lowest BCUT2D eigenvalue weighted by atomic mass is 9.36. The maximum absolute atomic E-state index is 13.1. The Labute approximate surface area is 306 Å². The molecular weight excluding hydrogens is 672 g/mol. The first-order valence-electron chi connectivity index (χ1n) is 18.0. The summed E-state index contributed by atoms with van der Waals surface area (Å²) in [5.74, 6) is -2.40. The summed E-state index contributed by atoms with van der Waals surface area (Å²) >= 11 is 1.72. The molecule has 1 aromatic carbocycles. The van der Waals surface area contributed by atoms with Gasteiger partial charge in [-0.3, -0.25) is 19.2 Å². The number of hydrogen-bond donors (Lipinski definition) is 1. The molecule has 1 unspecified atom stereocenters. The molecule has 1 aromatic rings. The predicted molar refractivity (Wildman–Crippen MR) is 192 cm³/mol. The number of fused-ring (bicyclic) bond motifs is 5. The van der Waals surface area contributed by atoms with Crippen LogP contribution < -0.4 is 0 Å². The predicted octanol–water partition coefficient (Wildman–Crippen LogP) is 6.33. The minimum absolute atomic E-state index is 0.0675. The summed E-state index contributed by atoms with van der Waals surface area (Å²) in [6.45, 7) is 18.6. The molecule has 51 heavy (non-hydrogen) atoms. The van der Waals surface area contributed by atoms with Crippen LogP contribution >= 0.6 is 11.8 Å². The van der Waals surface area contributed by atoms with E-state index in [0.717, 1.165) is 21.8 Å². The lowest BCUT2D eigenvalue weighted by molar-refractivity contribution is -0.286. The Balaban J connectivity index is 1.70. The lowest BCUT2D eigenvalue weighted by Gasteiger charge is -2.70. The summed E-state index contributed by atoms with van der Waals surface area (Å²) < 4.78 is 30.4. The number of ether oxygens (including phenoxy) is 5. The molecule has 1 aliphatic heterocycles. The molecule has 280 valence electrons. The summed E-state index contributed by atoms with van der Waals surface area (Å²) in [5, 5.41) is 13.1. The van der Waals surface area contributed by atoms with Crippen LogP contribution in [-0.4, -0.2) is 78.5 Å². The number of esters is 4. The minimum Gasteiger partial charge on any atom is -0.466 e. The van der Waals surface area contributed by atoms with Crippen molar-refractivity contribution in [3.8, 4) is 0 Å². The molecule has 3 aliphatic carbocycles. The fourth-order valence-electron chi connectivity index (χ4n) is 10.7. The topological polar surface area (TPSA) is 135 Å². The number of thioether (sulfide) groups is 1. The van der Waals surface area contributed by atoms with Crippen LogP contribution in [-0.2, 0) is 42.9 Å². The Bertz CT molecular complexity index is 1590. The number of rotatable bonds is 11. The van der Waals surface area contributed by atoms with Crippen LogP contribution in [0.4, 0.5) is 0 Å². The third-order valence-corrected chi connectivity index (χ3v) is 13.5. The highest BCUT2D eigenvalue weighted by Gasteiger charge is 2.76. The smallest absolute Gasteiger partial charge is 0.303 e. The first-order chi connectivity index (χ1) is 23.9. The lowest BCUT2D eigenvalue weighted by Crippen LogP contribution is -2.74. The van der Waals surface area contributed by atoms with E-state index in [1.54, 1.807) is 11.8 Å². The zero-order valence-corrected chi connectivity index (χ0v) is 32.1. The van der Waals surface area contributed by atoms with Gasteiger partial charge in [0.05, 0.1) is 25.4 Å². The molecule has 3 fully saturated rings. The van der Waals surface area contributed by atoms with Crippen molar-refractivity contribution in [1.29, 1.82) is 0 Å². The fourth-order valence-corrected chi connectivity index (χ4v) is 11.6. The van der Waals surface area contributed by atoms with Crippen LogP contribution in [0, 0.1) is 34.0 Å². The third kappa shape index (κ3) is 6.79. The van der Waals surface area contributed by atoms with E-state index in [1.807, 2.05) is 38.1 Å². The number of carbonyl (C=O) groups is 4. The minimum atomic E-state index is -1.40. The highest BCUT2D eigenvalue weighted by Crippen LogP contribution is 2.72. The largest absolute Gasteiger partial charge is 0.466 e. The fraction of sp³-hybridized carbons (Fsp3) is 0.650. The van der Waals surface area contributed by atoms with Gasteiger partial charge in [-0.2, -0.15) is 0 Å². The van der Waals surface area contributed by atoms with Crippen LogP contribution in [0.15, 0.2) is 47.4 Å². The number of carbonyl (C=O) groups excluding carboxylic acids is 4. The van der Waals surface area contributed by atoms with E-state index in [2.05, 4.69) is 26.5 Å². The van der Waals surface area contributed by atoms with Crippen LogP contribution in [0.25, 0.3) is 5.57 Å². The van der Waals surface area contributed by atoms with Gasteiger partial charge in [0.25, 0.3) is 0 Å². The summed E-state index contributed by atoms with van der Waals surface area (Å²) in [4.78, 5) is 51.8. The molecule has 0 aromatic heterocycles. The zero-order valence-electron chi connectivity index (χ0n) is 31.2. The van der Waals surface area contributed by atoms with Crippen LogP contribution in [0.5, 0.6) is 0 Å². The van der Waals surface area contributed by atoms with Crippen molar-refractivity contribution >= 4 is 41.2 Å². The SMILES string of the molecule is C=C(C[C@@]1(O)C(C)=C[C@@H](OC(C)=O)[C@]2(C)C3[C@H](OC(C)=O)[C@H](OC(C)=O)[C@@]4(CCOC(C)=O)COC[C@H]4[C@]3(C)CC[C@H]21)c1ccccc1SCC. The second-order valence-corrected chi connectivity index (χ2v) is 16.8. The van der Waals surface area contributed by atoms with E-state index in [9.17, 15) is 24.3 Å². The second kappa shape index (κ2) is 14.7. The molecule has 11 heteroatoms.